The molecule has 0 aromatic heterocycles. The summed E-state index contributed by atoms with van der Waals surface area (Å²) in [4.78, 5) is 38.5. The van der Waals surface area contributed by atoms with Gasteiger partial charge in [-0.05, 0) is 31.0 Å². The van der Waals surface area contributed by atoms with Crippen LogP contribution in [0, 0.1) is 11.3 Å². The van der Waals surface area contributed by atoms with E-state index in [4.69, 9.17) is 11.6 Å². The quantitative estimate of drug-likeness (QED) is 0.847. The van der Waals surface area contributed by atoms with Gasteiger partial charge in [0.25, 0.3) is 5.91 Å². The lowest BCUT2D eigenvalue weighted by molar-refractivity contribution is -0.142. The third-order valence-corrected chi connectivity index (χ3v) is 4.84. The van der Waals surface area contributed by atoms with Crippen LogP contribution in [0.25, 0.3) is 0 Å². The van der Waals surface area contributed by atoms with Gasteiger partial charge in [-0.15, -0.1) is 0 Å². The Balaban J connectivity index is 2.00. The van der Waals surface area contributed by atoms with E-state index in [1.807, 2.05) is 25.7 Å². The predicted octanol–water partition coefficient (Wildman–Crippen LogP) is 2.92. The van der Waals surface area contributed by atoms with Gasteiger partial charge in [0.1, 0.15) is 0 Å². The van der Waals surface area contributed by atoms with Crippen LogP contribution in [0.3, 0.4) is 0 Å². The first-order valence-corrected chi connectivity index (χ1v) is 9.13. The maximum atomic E-state index is 12.6. The molecule has 2 N–H and O–H groups in total. The predicted molar refractivity (Wildman–Crippen MR) is 102 cm³/mol. The highest BCUT2D eigenvalue weighted by Crippen LogP contribution is 2.27. The van der Waals surface area contributed by atoms with Gasteiger partial charge in [-0.1, -0.05) is 32.4 Å². The van der Waals surface area contributed by atoms with E-state index in [-0.39, 0.29) is 23.6 Å². The summed E-state index contributed by atoms with van der Waals surface area (Å²) < 4.78 is 0. The van der Waals surface area contributed by atoms with Gasteiger partial charge < -0.3 is 15.5 Å². The molecule has 3 amide bonds. The lowest BCUT2D eigenvalue weighted by atomic mass is 9.90. The number of rotatable bonds is 3. The molecule has 0 aliphatic carbocycles. The molecule has 1 saturated heterocycles. The van der Waals surface area contributed by atoms with E-state index in [1.165, 1.54) is 0 Å². The first kappa shape index (κ1) is 20.2. The molecule has 1 aromatic rings. The normalized spacial score (nSPS) is 15.5. The van der Waals surface area contributed by atoms with E-state index in [0.717, 1.165) is 0 Å². The van der Waals surface area contributed by atoms with Crippen molar-refractivity contribution in [3.8, 4) is 0 Å². The maximum absolute atomic E-state index is 12.6. The molecule has 7 heteroatoms. The van der Waals surface area contributed by atoms with E-state index in [0.29, 0.717) is 42.2 Å². The number of nitrogens with one attached hydrogen (secondary N) is 2. The zero-order chi connectivity index (χ0) is 19.5. The lowest BCUT2D eigenvalue weighted by Gasteiger charge is -2.35. The Bertz CT molecular complexity index is 704. The van der Waals surface area contributed by atoms with Gasteiger partial charge in [-0.25, -0.2) is 0 Å². The number of anilines is 1. The molecule has 1 aliphatic rings. The van der Waals surface area contributed by atoms with Crippen LogP contribution in [0.1, 0.15) is 44.0 Å². The Morgan fingerprint density at radius 1 is 1.15 bits per heavy atom. The van der Waals surface area contributed by atoms with E-state index < -0.39 is 5.41 Å². The zero-order valence-electron chi connectivity index (χ0n) is 15.7. The van der Waals surface area contributed by atoms with Crippen molar-refractivity contribution in [2.24, 2.45) is 11.3 Å². The minimum atomic E-state index is -0.414. The van der Waals surface area contributed by atoms with Gasteiger partial charge >= 0.3 is 0 Å². The molecule has 0 radical (unpaired) electrons. The fraction of sp³-hybridized carbons (Fsp3) is 0.526. The monoisotopic (exact) mass is 379 g/mol. The number of nitrogens with zero attached hydrogens (tertiary/aromatic N) is 1. The Hall–Kier alpha value is -2.08. The van der Waals surface area contributed by atoms with Crippen molar-refractivity contribution in [3.63, 3.8) is 0 Å². The first-order valence-electron chi connectivity index (χ1n) is 8.75. The average molecular weight is 380 g/mol. The Kier molecular flexibility index (Phi) is 6.29. The number of carbonyl (C=O) groups is 3. The fourth-order valence-electron chi connectivity index (χ4n) is 2.96. The minimum Gasteiger partial charge on any atom is -0.355 e. The molecule has 142 valence electrons. The number of benzene rings is 1. The molecule has 26 heavy (non-hydrogen) atoms. The number of halogens is 1. The second-order valence-corrected chi connectivity index (χ2v) is 7.99. The third-order valence-electron chi connectivity index (χ3n) is 4.51. The molecule has 1 aliphatic heterocycles. The van der Waals surface area contributed by atoms with Crippen LogP contribution >= 0.6 is 11.6 Å². The molecule has 1 fully saturated rings. The summed E-state index contributed by atoms with van der Waals surface area (Å²) in [5, 5.41) is 5.74. The van der Waals surface area contributed by atoms with Crippen molar-refractivity contribution in [3.05, 3.63) is 28.8 Å². The van der Waals surface area contributed by atoms with Crippen molar-refractivity contribution in [1.29, 1.82) is 0 Å². The molecular formula is C19H26ClN3O3. The van der Waals surface area contributed by atoms with Gasteiger partial charge in [0.05, 0.1) is 10.7 Å². The molecule has 0 unspecified atom stereocenters. The smallest absolute Gasteiger partial charge is 0.251 e. The molecular weight excluding hydrogens is 354 g/mol. The lowest BCUT2D eigenvalue weighted by Crippen LogP contribution is -2.45. The van der Waals surface area contributed by atoms with Gasteiger partial charge in [-0.2, -0.15) is 0 Å². The van der Waals surface area contributed by atoms with E-state index in [2.05, 4.69) is 10.6 Å². The SMILES string of the molecule is CNC(=O)c1ccc(Cl)c(NC(=O)C2CCN(C(=O)C(C)(C)C)CC2)c1. The highest BCUT2D eigenvalue weighted by Gasteiger charge is 2.32. The Labute approximate surface area is 159 Å². The molecule has 1 aromatic carbocycles. The molecule has 2 rings (SSSR count). The van der Waals surface area contributed by atoms with E-state index in [9.17, 15) is 14.4 Å². The maximum Gasteiger partial charge on any atom is 0.251 e. The largest absolute Gasteiger partial charge is 0.355 e. The molecule has 0 saturated carbocycles. The summed E-state index contributed by atoms with van der Waals surface area (Å²) >= 11 is 6.14. The first-order chi connectivity index (χ1) is 12.1. The standard InChI is InChI=1S/C19H26ClN3O3/c1-19(2,3)18(26)23-9-7-12(8-10-23)17(25)22-15-11-13(16(24)21-4)5-6-14(15)20/h5-6,11-12H,7-10H2,1-4H3,(H,21,24)(H,22,25). The highest BCUT2D eigenvalue weighted by atomic mass is 35.5. The summed E-state index contributed by atoms with van der Waals surface area (Å²) in [6, 6.07) is 4.76. The van der Waals surface area contributed by atoms with Crippen molar-refractivity contribution < 1.29 is 14.4 Å². The summed E-state index contributed by atoms with van der Waals surface area (Å²) in [7, 11) is 1.54. The topological polar surface area (TPSA) is 78.5 Å². The van der Waals surface area contributed by atoms with E-state index >= 15 is 0 Å². The highest BCUT2D eigenvalue weighted by molar-refractivity contribution is 6.33. The second kappa shape index (κ2) is 8.08. The van der Waals surface area contributed by atoms with Crippen LogP contribution in [0.15, 0.2) is 18.2 Å². The summed E-state index contributed by atoms with van der Waals surface area (Å²) in [5.41, 5.74) is 0.437. The van der Waals surface area contributed by atoms with Crippen LogP contribution in [-0.2, 0) is 9.59 Å². The summed E-state index contributed by atoms with van der Waals surface area (Å²) in [6.07, 6.45) is 1.22. The van der Waals surface area contributed by atoms with Crippen LogP contribution in [0.5, 0.6) is 0 Å². The number of carbonyl (C=O) groups excluding carboxylic acids is 3. The number of hydrogen-bond acceptors (Lipinski definition) is 3. The Morgan fingerprint density at radius 3 is 2.31 bits per heavy atom. The number of likely N-dealkylation sites (tertiary alicyclic amines) is 1. The molecule has 1 heterocycles. The summed E-state index contributed by atoms with van der Waals surface area (Å²) in [6.45, 7) is 6.83. The van der Waals surface area contributed by atoms with Gasteiger partial charge in [0.2, 0.25) is 11.8 Å². The van der Waals surface area contributed by atoms with Crippen molar-refractivity contribution in [2.75, 3.05) is 25.5 Å². The van der Waals surface area contributed by atoms with Crippen molar-refractivity contribution in [2.45, 2.75) is 33.6 Å². The molecule has 0 atom stereocenters. The number of hydrogen-bond donors (Lipinski definition) is 2. The molecule has 0 bridgehead atoms. The number of amides is 3. The molecule has 6 nitrogen and oxygen atoms in total. The van der Waals surface area contributed by atoms with E-state index in [1.54, 1.807) is 25.2 Å². The summed E-state index contributed by atoms with van der Waals surface area (Å²) in [5.74, 6) is -0.452. The van der Waals surface area contributed by atoms with Crippen LogP contribution in [-0.4, -0.2) is 42.8 Å². The van der Waals surface area contributed by atoms with Gasteiger partial charge in [0.15, 0.2) is 0 Å². The van der Waals surface area contributed by atoms with Crippen LogP contribution in [0.2, 0.25) is 5.02 Å². The second-order valence-electron chi connectivity index (χ2n) is 7.58. The minimum absolute atomic E-state index is 0.109. The third kappa shape index (κ3) is 4.75. The zero-order valence-corrected chi connectivity index (χ0v) is 16.4. The van der Waals surface area contributed by atoms with Crippen LogP contribution < -0.4 is 10.6 Å². The van der Waals surface area contributed by atoms with Crippen molar-refractivity contribution in [1.82, 2.24) is 10.2 Å². The van der Waals surface area contributed by atoms with Crippen LogP contribution in [0.4, 0.5) is 5.69 Å². The fourth-order valence-corrected chi connectivity index (χ4v) is 3.13. The van der Waals surface area contributed by atoms with Gasteiger partial charge in [0, 0.05) is 37.0 Å². The molecule has 0 spiro atoms. The average Bonchev–Trinajstić information content (AvgIpc) is 2.61. The van der Waals surface area contributed by atoms with Crippen molar-refractivity contribution >= 4 is 35.0 Å². The Morgan fingerprint density at radius 2 is 1.77 bits per heavy atom. The number of piperidine rings is 1. The van der Waals surface area contributed by atoms with Gasteiger partial charge in [-0.3, -0.25) is 14.4 Å².